The van der Waals surface area contributed by atoms with Gasteiger partial charge in [0.15, 0.2) is 12.5 Å². The summed E-state index contributed by atoms with van der Waals surface area (Å²) in [5.74, 6) is -0.788. The number of nitrogens with zero attached hydrogens (tertiary/aromatic N) is 3. The molecular weight excluding hydrogens is 268 g/mol. The van der Waals surface area contributed by atoms with Crippen molar-refractivity contribution >= 4 is 11.7 Å². The first-order valence-corrected chi connectivity index (χ1v) is 5.55. The lowest BCUT2D eigenvalue weighted by molar-refractivity contribution is -0.119. The average Bonchev–Trinajstić information content (AvgIpc) is 2.94. The molecule has 19 heavy (non-hydrogen) atoms. The van der Waals surface area contributed by atoms with Crippen molar-refractivity contribution < 1.29 is 22.4 Å². The van der Waals surface area contributed by atoms with E-state index in [4.69, 9.17) is 5.73 Å². The SMILES string of the molecule is NC(=O)C1CC(F)CN1c1ccn(C(F)(F)CF)n1. The quantitative estimate of drug-likeness (QED) is 0.830. The largest absolute Gasteiger partial charge is 0.371 e. The van der Waals surface area contributed by atoms with Gasteiger partial charge >= 0.3 is 6.05 Å². The van der Waals surface area contributed by atoms with Crippen LogP contribution < -0.4 is 10.6 Å². The Morgan fingerprint density at radius 3 is 2.84 bits per heavy atom. The minimum Gasteiger partial charge on any atom is -0.368 e. The van der Waals surface area contributed by atoms with Crippen molar-refractivity contribution in [3.8, 4) is 0 Å². The fourth-order valence-corrected chi connectivity index (χ4v) is 2.02. The van der Waals surface area contributed by atoms with Crippen molar-refractivity contribution in [2.24, 2.45) is 5.73 Å². The van der Waals surface area contributed by atoms with Crippen molar-refractivity contribution in [1.82, 2.24) is 9.78 Å². The lowest BCUT2D eigenvalue weighted by Crippen LogP contribution is -2.40. The molecule has 0 spiro atoms. The van der Waals surface area contributed by atoms with Gasteiger partial charge in [-0.05, 0) is 0 Å². The summed E-state index contributed by atoms with van der Waals surface area (Å²) in [5, 5.41) is 3.48. The summed E-state index contributed by atoms with van der Waals surface area (Å²) >= 11 is 0. The third-order valence-corrected chi connectivity index (χ3v) is 2.94. The maximum absolute atomic E-state index is 13.3. The number of rotatable bonds is 4. The van der Waals surface area contributed by atoms with Gasteiger partial charge in [0.25, 0.3) is 0 Å². The average molecular weight is 280 g/mol. The van der Waals surface area contributed by atoms with E-state index in [1.165, 1.54) is 4.90 Å². The van der Waals surface area contributed by atoms with E-state index in [0.29, 0.717) is 0 Å². The van der Waals surface area contributed by atoms with Gasteiger partial charge in [-0.15, -0.1) is 5.10 Å². The number of halogens is 4. The third-order valence-electron chi connectivity index (χ3n) is 2.94. The van der Waals surface area contributed by atoms with Crippen molar-refractivity contribution in [3.05, 3.63) is 12.3 Å². The molecular formula is C10H12F4N4O. The number of amides is 1. The van der Waals surface area contributed by atoms with Crippen LogP contribution in [0.25, 0.3) is 0 Å². The Morgan fingerprint density at radius 2 is 2.26 bits per heavy atom. The Bertz CT molecular complexity index is 478. The number of carbonyl (C=O) groups excluding carboxylic acids is 1. The molecule has 5 nitrogen and oxygen atoms in total. The van der Waals surface area contributed by atoms with Gasteiger partial charge in [-0.3, -0.25) is 4.79 Å². The van der Waals surface area contributed by atoms with Crippen LogP contribution in [0.1, 0.15) is 6.42 Å². The number of hydrogen-bond acceptors (Lipinski definition) is 3. The zero-order valence-electron chi connectivity index (χ0n) is 9.77. The lowest BCUT2D eigenvalue weighted by atomic mass is 10.2. The molecule has 1 aliphatic heterocycles. The molecule has 1 aliphatic rings. The Labute approximate surface area is 106 Å². The second kappa shape index (κ2) is 4.71. The summed E-state index contributed by atoms with van der Waals surface area (Å²) in [7, 11) is 0. The highest BCUT2D eigenvalue weighted by atomic mass is 19.3. The van der Waals surface area contributed by atoms with Crippen molar-refractivity contribution in [2.45, 2.75) is 24.7 Å². The maximum Gasteiger partial charge on any atom is 0.371 e. The molecule has 1 fully saturated rings. The van der Waals surface area contributed by atoms with Crippen LogP contribution in [-0.2, 0) is 10.8 Å². The molecule has 106 valence electrons. The fraction of sp³-hybridized carbons (Fsp3) is 0.600. The molecule has 0 bridgehead atoms. The molecule has 0 saturated carbocycles. The molecule has 1 saturated heterocycles. The van der Waals surface area contributed by atoms with E-state index in [1.807, 2.05) is 0 Å². The molecule has 2 N–H and O–H groups in total. The standard InChI is InChI=1S/C10H12F4N4O/c11-5-10(13,14)18-2-1-8(16-18)17-4-6(12)3-7(17)9(15)19/h1-2,6-7H,3-5H2,(H2,15,19). The summed E-state index contributed by atoms with van der Waals surface area (Å²) in [6.07, 6.45) is -0.524. The van der Waals surface area contributed by atoms with Crippen LogP contribution in [0, 0.1) is 0 Å². The van der Waals surface area contributed by atoms with Gasteiger partial charge in [0, 0.05) is 18.7 Å². The van der Waals surface area contributed by atoms with Crippen LogP contribution in [0.3, 0.4) is 0 Å². The predicted octanol–water partition coefficient (Wildman–Crippen LogP) is 0.804. The van der Waals surface area contributed by atoms with Crippen LogP contribution in [-0.4, -0.2) is 41.1 Å². The Kier molecular flexibility index (Phi) is 3.38. The normalized spacial score (nSPS) is 23.9. The van der Waals surface area contributed by atoms with Crippen molar-refractivity contribution in [1.29, 1.82) is 0 Å². The summed E-state index contributed by atoms with van der Waals surface area (Å²) in [6, 6.07) is -3.54. The molecule has 1 amide bonds. The van der Waals surface area contributed by atoms with Gasteiger partial charge in [-0.25, -0.2) is 13.5 Å². The van der Waals surface area contributed by atoms with Crippen LogP contribution >= 0.6 is 0 Å². The van der Waals surface area contributed by atoms with Crippen LogP contribution in [0.15, 0.2) is 12.3 Å². The molecule has 0 aliphatic carbocycles. The predicted molar refractivity (Wildman–Crippen MR) is 58.2 cm³/mol. The second-order valence-electron chi connectivity index (χ2n) is 4.32. The van der Waals surface area contributed by atoms with Gasteiger partial charge in [0.05, 0.1) is 6.54 Å². The van der Waals surface area contributed by atoms with Gasteiger partial charge < -0.3 is 10.6 Å². The maximum atomic E-state index is 13.3. The summed E-state index contributed by atoms with van der Waals surface area (Å²) in [4.78, 5) is 12.4. The Morgan fingerprint density at radius 1 is 1.58 bits per heavy atom. The fourth-order valence-electron chi connectivity index (χ4n) is 2.02. The smallest absolute Gasteiger partial charge is 0.368 e. The number of hydrogen-bond donors (Lipinski definition) is 1. The topological polar surface area (TPSA) is 64.2 Å². The lowest BCUT2D eigenvalue weighted by Gasteiger charge is -2.21. The highest BCUT2D eigenvalue weighted by Gasteiger charge is 2.38. The number of alkyl halides is 4. The summed E-state index contributed by atoms with van der Waals surface area (Å²) in [6.45, 7) is -2.06. The first-order chi connectivity index (χ1) is 8.85. The van der Waals surface area contributed by atoms with Crippen LogP contribution in [0.5, 0.6) is 0 Å². The van der Waals surface area contributed by atoms with E-state index >= 15 is 0 Å². The van der Waals surface area contributed by atoms with Crippen LogP contribution in [0.4, 0.5) is 23.4 Å². The zero-order chi connectivity index (χ0) is 14.2. The number of anilines is 1. The number of primary amides is 1. The highest BCUT2D eigenvalue weighted by Crippen LogP contribution is 2.28. The van der Waals surface area contributed by atoms with E-state index in [-0.39, 0.29) is 23.5 Å². The molecule has 0 radical (unpaired) electrons. The Hall–Kier alpha value is -1.80. The summed E-state index contributed by atoms with van der Waals surface area (Å²) in [5.41, 5.74) is 5.12. The molecule has 2 atom stereocenters. The first kappa shape index (κ1) is 13.6. The number of aromatic nitrogens is 2. The number of carbonyl (C=O) groups is 1. The number of nitrogens with two attached hydrogens (primary N) is 1. The van der Waals surface area contributed by atoms with Crippen LogP contribution in [0.2, 0.25) is 0 Å². The van der Waals surface area contributed by atoms with Crippen molar-refractivity contribution in [3.63, 3.8) is 0 Å². The van der Waals surface area contributed by atoms with E-state index in [2.05, 4.69) is 5.10 Å². The molecule has 2 heterocycles. The molecule has 2 rings (SSSR count). The van der Waals surface area contributed by atoms with Gasteiger partial charge in [0.2, 0.25) is 5.91 Å². The zero-order valence-corrected chi connectivity index (χ0v) is 9.77. The summed E-state index contributed by atoms with van der Waals surface area (Å²) < 4.78 is 51.7. The van der Waals surface area contributed by atoms with E-state index in [9.17, 15) is 22.4 Å². The Balaban J connectivity index is 2.25. The molecule has 0 aromatic carbocycles. The molecule has 1 aromatic rings. The molecule has 1 aromatic heterocycles. The molecule has 2 unspecified atom stereocenters. The van der Waals surface area contributed by atoms with Gasteiger partial charge in [-0.1, -0.05) is 0 Å². The van der Waals surface area contributed by atoms with Crippen molar-refractivity contribution in [2.75, 3.05) is 18.1 Å². The minimum atomic E-state index is -3.77. The van der Waals surface area contributed by atoms with E-state index in [0.717, 1.165) is 12.3 Å². The minimum absolute atomic E-state index is 0.0305. The van der Waals surface area contributed by atoms with E-state index < -0.39 is 30.8 Å². The first-order valence-electron chi connectivity index (χ1n) is 5.55. The second-order valence-corrected chi connectivity index (χ2v) is 4.32. The highest BCUT2D eigenvalue weighted by molar-refractivity contribution is 5.84. The van der Waals surface area contributed by atoms with E-state index in [1.54, 1.807) is 0 Å². The monoisotopic (exact) mass is 280 g/mol. The third kappa shape index (κ3) is 2.49. The van der Waals surface area contributed by atoms with Gasteiger partial charge in [-0.2, -0.15) is 8.78 Å². The molecule has 9 heteroatoms. The van der Waals surface area contributed by atoms with Gasteiger partial charge in [0.1, 0.15) is 12.2 Å².